The fourth-order valence-electron chi connectivity index (χ4n) is 2.33. The van der Waals surface area contributed by atoms with Crippen LogP contribution in [0.15, 0.2) is 42.7 Å². The van der Waals surface area contributed by atoms with Crippen molar-refractivity contribution in [3.05, 3.63) is 54.4 Å². The second-order valence-corrected chi connectivity index (χ2v) is 5.53. The van der Waals surface area contributed by atoms with Crippen molar-refractivity contribution in [1.82, 2.24) is 14.9 Å². The molecule has 1 radical (unpaired) electrons. The maximum absolute atomic E-state index is 12.4. The first-order chi connectivity index (χ1) is 11.1. The number of imidazole rings is 1. The molecule has 0 spiro atoms. The van der Waals surface area contributed by atoms with E-state index >= 15 is 0 Å². The van der Waals surface area contributed by atoms with Crippen molar-refractivity contribution in [2.75, 3.05) is 27.2 Å². The number of H-pyrrole nitrogens is 1. The quantitative estimate of drug-likeness (QED) is 0.736. The fraction of sp³-hybridized carbons (Fsp3) is 0.222. The normalized spacial score (nSPS) is 11.1. The maximum atomic E-state index is 12.4. The Labute approximate surface area is 134 Å². The number of aromatic nitrogens is 2. The monoisotopic (exact) mass is 308 g/mol. The van der Waals surface area contributed by atoms with Crippen molar-refractivity contribution in [2.45, 2.75) is 0 Å². The highest BCUT2D eigenvalue weighted by molar-refractivity contribution is 5.98. The van der Waals surface area contributed by atoms with Gasteiger partial charge in [0.15, 0.2) is 0 Å². The SMILES string of the molecule is CN(C)CCOC(=O)c1ccc[c]c1-c1ccc2[nH]cnc2c1. The first-order valence-corrected chi connectivity index (χ1v) is 7.41. The average Bonchev–Trinajstić information content (AvgIpc) is 3.02. The topological polar surface area (TPSA) is 58.2 Å². The van der Waals surface area contributed by atoms with E-state index in [0.29, 0.717) is 18.7 Å². The third-order valence-electron chi connectivity index (χ3n) is 3.56. The number of likely N-dealkylation sites (N-methyl/N-ethyl adjacent to an activating group) is 1. The van der Waals surface area contributed by atoms with E-state index in [1.165, 1.54) is 0 Å². The molecule has 5 nitrogen and oxygen atoms in total. The van der Waals surface area contributed by atoms with Gasteiger partial charge in [-0.15, -0.1) is 0 Å². The summed E-state index contributed by atoms with van der Waals surface area (Å²) in [6.45, 7) is 1.05. The third-order valence-corrected chi connectivity index (χ3v) is 3.56. The van der Waals surface area contributed by atoms with E-state index in [1.807, 2.05) is 37.2 Å². The molecule has 1 N–H and O–H groups in total. The molecule has 0 aliphatic rings. The molecule has 0 amide bonds. The Morgan fingerprint density at radius 3 is 3.04 bits per heavy atom. The molecule has 23 heavy (non-hydrogen) atoms. The lowest BCUT2D eigenvalue weighted by molar-refractivity contribution is 0.0483. The molecule has 0 atom stereocenters. The Balaban J connectivity index is 1.89. The number of aromatic amines is 1. The smallest absolute Gasteiger partial charge is 0.338 e. The van der Waals surface area contributed by atoms with Crippen LogP contribution in [-0.4, -0.2) is 48.1 Å². The molecule has 0 saturated carbocycles. The Morgan fingerprint density at radius 2 is 2.22 bits per heavy atom. The van der Waals surface area contributed by atoms with Gasteiger partial charge >= 0.3 is 5.97 Å². The summed E-state index contributed by atoms with van der Waals surface area (Å²) in [6.07, 6.45) is 1.65. The number of carbonyl (C=O) groups excluding carboxylic acids is 1. The molecule has 0 aliphatic carbocycles. The number of rotatable bonds is 5. The number of nitrogens with zero attached hydrogens (tertiary/aromatic N) is 2. The lowest BCUT2D eigenvalue weighted by Crippen LogP contribution is -2.20. The highest BCUT2D eigenvalue weighted by atomic mass is 16.5. The van der Waals surface area contributed by atoms with Crippen LogP contribution in [0.25, 0.3) is 22.2 Å². The summed E-state index contributed by atoms with van der Waals surface area (Å²) < 4.78 is 5.35. The van der Waals surface area contributed by atoms with Gasteiger partial charge in [-0.2, -0.15) is 0 Å². The molecule has 1 heterocycles. The van der Waals surface area contributed by atoms with Crippen LogP contribution in [0, 0.1) is 6.07 Å². The zero-order valence-corrected chi connectivity index (χ0v) is 13.2. The minimum absolute atomic E-state index is 0.333. The second kappa shape index (κ2) is 6.62. The fourth-order valence-corrected chi connectivity index (χ4v) is 2.33. The summed E-state index contributed by atoms with van der Waals surface area (Å²) in [5.41, 5.74) is 3.95. The van der Waals surface area contributed by atoms with Gasteiger partial charge in [0, 0.05) is 12.1 Å². The maximum Gasteiger partial charge on any atom is 0.338 e. The van der Waals surface area contributed by atoms with E-state index < -0.39 is 0 Å². The summed E-state index contributed by atoms with van der Waals surface area (Å²) in [7, 11) is 3.88. The first-order valence-electron chi connectivity index (χ1n) is 7.41. The molecular formula is C18H18N3O2. The number of carbonyl (C=O) groups is 1. The molecule has 0 bridgehead atoms. The molecule has 0 saturated heterocycles. The Morgan fingerprint density at radius 1 is 1.35 bits per heavy atom. The van der Waals surface area contributed by atoms with Crippen LogP contribution in [0.1, 0.15) is 10.4 Å². The van der Waals surface area contributed by atoms with E-state index in [-0.39, 0.29) is 5.97 Å². The Bertz CT molecular complexity index is 824. The highest BCUT2D eigenvalue weighted by Crippen LogP contribution is 2.26. The van der Waals surface area contributed by atoms with Crippen LogP contribution in [-0.2, 0) is 4.74 Å². The van der Waals surface area contributed by atoms with Crippen molar-refractivity contribution in [3.8, 4) is 11.1 Å². The number of esters is 1. The number of ether oxygens (including phenoxy) is 1. The number of fused-ring (bicyclic) bond motifs is 1. The van der Waals surface area contributed by atoms with Gasteiger partial charge in [0.1, 0.15) is 6.61 Å². The van der Waals surface area contributed by atoms with E-state index in [0.717, 1.165) is 22.2 Å². The van der Waals surface area contributed by atoms with E-state index in [2.05, 4.69) is 16.0 Å². The van der Waals surface area contributed by atoms with Gasteiger partial charge in [-0.05, 0) is 43.9 Å². The van der Waals surface area contributed by atoms with Gasteiger partial charge in [0.2, 0.25) is 0 Å². The largest absolute Gasteiger partial charge is 0.461 e. The van der Waals surface area contributed by atoms with E-state index in [1.54, 1.807) is 24.5 Å². The number of hydrogen-bond acceptors (Lipinski definition) is 4. The van der Waals surface area contributed by atoms with Crippen LogP contribution in [0.4, 0.5) is 0 Å². The molecule has 5 heteroatoms. The Hall–Kier alpha value is -2.66. The molecule has 0 aliphatic heterocycles. The zero-order chi connectivity index (χ0) is 16.2. The molecule has 2 aromatic carbocycles. The predicted octanol–water partition coefficient (Wildman–Crippen LogP) is 2.75. The summed E-state index contributed by atoms with van der Waals surface area (Å²) in [4.78, 5) is 21.6. The van der Waals surface area contributed by atoms with Crippen LogP contribution < -0.4 is 0 Å². The lowest BCUT2D eigenvalue weighted by atomic mass is 9.99. The molecule has 3 aromatic rings. The number of nitrogens with one attached hydrogen (secondary N) is 1. The van der Waals surface area contributed by atoms with Crippen molar-refractivity contribution in [2.24, 2.45) is 0 Å². The van der Waals surface area contributed by atoms with Crippen molar-refractivity contribution >= 4 is 17.0 Å². The second-order valence-electron chi connectivity index (χ2n) is 5.53. The minimum Gasteiger partial charge on any atom is -0.461 e. The summed E-state index contributed by atoms with van der Waals surface area (Å²) >= 11 is 0. The van der Waals surface area contributed by atoms with Gasteiger partial charge in [-0.1, -0.05) is 18.2 Å². The van der Waals surface area contributed by atoms with Crippen LogP contribution in [0.3, 0.4) is 0 Å². The van der Waals surface area contributed by atoms with Crippen LogP contribution >= 0.6 is 0 Å². The highest BCUT2D eigenvalue weighted by Gasteiger charge is 2.14. The van der Waals surface area contributed by atoms with E-state index in [9.17, 15) is 4.79 Å². The first kappa shape index (κ1) is 15.2. The van der Waals surface area contributed by atoms with Gasteiger partial charge < -0.3 is 14.6 Å². The standard InChI is InChI=1S/C18H18N3O2/c1-21(2)9-10-23-18(22)15-6-4-3-5-14(15)13-7-8-16-17(11-13)20-12-19-16/h3-4,6-8,11-12H,9-10H2,1-2H3,(H,19,20). The van der Waals surface area contributed by atoms with Gasteiger partial charge in [-0.25, -0.2) is 9.78 Å². The number of benzene rings is 2. The van der Waals surface area contributed by atoms with Crippen LogP contribution in [0.2, 0.25) is 0 Å². The zero-order valence-electron chi connectivity index (χ0n) is 13.2. The lowest BCUT2D eigenvalue weighted by Gasteiger charge is -2.12. The Kier molecular flexibility index (Phi) is 4.39. The van der Waals surface area contributed by atoms with Crippen LogP contribution in [0.5, 0.6) is 0 Å². The minimum atomic E-state index is -0.333. The summed E-state index contributed by atoms with van der Waals surface area (Å²) in [5, 5.41) is 0. The molecule has 0 fully saturated rings. The predicted molar refractivity (Wildman–Crippen MR) is 89.2 cm³/mol. The molecule has 0 unspecified atom stereocenters. The van der Waals surface area contributed by atoms with Crippen molar-refractivity contribution in [1.29, 1.82) is 0 Å². The average molecular weight is 308 g/mol. The molecular weight excluding hydrogens is 290 g/mol. The molecule has 1 aromatic heterocycles. The number of hydrogen-bond donors (Lipinski definition) is 1. The summed E-state index contributed by atoms with van der Waals surface area (Å²) in [6, 6.07) is 14.3. The van der Waals surface area contributed by atoms with Gasteiger partial charge in [0.25, 0.3) is 0 Å². The van der Waals surface area contributed by atoms with Crippen molar-refractivity contribution in [3.63, 3.8) is 0 Å². The molecule has 3 rings (SSSR count). The van der Waals surface area contributed by atoms with E-state index in [4.69, 9.17) is 4.74 Å². The van der Waals surface area contributed by atoms with Crippen molar-refractivity contribution < 1.29 is 9.53 Å². The van der Waals surface area contributed by atoms with Gasteiger partial charge in [-0.3, -0.25) is 0 Å². The summed E-state index contributed by atoms with van der Waals surface area (Å²) in [5.74, 6) is -0.333. The van der Waals surface area contributed by atoms with Gasteiger partial charge in [0.05, 0.1) is 22.9 Å². The molecule has 117 valence electrons. The third kappa shape index (κ3) is 3.40.